The Labute approximate surface area is 212 Å². The fraction of sp³-hybridized carbons (Fsp3) is 0.292. The molecule has 2 N–H and O–H groups in total. The highest BCUT2D eigenvalue weighted by atomic mass is 16.6. The van der Waals surface area contributed by atoms with Crippen molar-refractivity contribution in [2.24, 2.45) is 4.99 Å². The summed E-state index contributed by atoms with van der Waals surface area (Å²) < 4.78 is 4.87. The lowest BCUT2D eigenvalue weighted by atomic mass is 10.1. The van der Waals surface area contributed by atoms with E-state index in [1.54, 1.807) is 20.8 Å². The van der Waals surface area contributed by atoms with Crippen LogP contribution < -0.4 is 15.1 Å². The minimum absolute atomic E-state index is 0.0277. The summed E-state index contributed by atoms with van der Waals surface area (Å²) in [6, 6.07) is 11.1. The third-order valence-corrected chi connectivity index (χ3v) is 5.31. The monoisotopic (exact) mass is 511 g/mol. The third-order valence-electron chi connectivity index (χ3n) is 5.31. The van der Waals surface area contributed by atoms with Crippen LogP contribution in [0.5, 0.6) is 0 Å². The van der Waals surface area contributed by atoms with Crippen molar-refractivity contribution in [2.45, 2.75) is 39.0 Å². The molecule has 1 aliphatic heterocycles. The molecule has 2 aromatic rings. The molecule has 1 aliphatic rings. The molecule has 0 fully saturated rings. The van der Waals surface area contributed by atoms with Crippen LogP contribution in [-0.4, -0.2) is 46.4 Å². The van der Waals surface area contributed by atoms with E-state index in [1.165, 1.54) is 24.8 Å². The van der Waals surface area contributed by atoms with E-state index in [9.17, 15) is 29.8 Å². The number of nitro benzene ring substituents is 2. The van der Waals surface area contributed by atoms with Gasteiger partial charge >= 0.3 is 11.8 Å². The van der Waals surface area contributed by atoms with Gasteiger partial charge in [0.2, 0.25) is 11.6 Å². The molecule has 2 amide bonds. The number of benzene rings is 2. The van der Waals surface area contributed by atoms with Gasteiger partial charge in [-0.2, -0.15) is 0 Å². The van der Waals surface area contributed by atoms with E-state index in [4.69, 9.17) is 4.74 Å². The number of quaternary nitrogens is 1. The lowest BCUT2D eigenvalue weighted by molar-refractivity contribution is -0.394. The lowest BCUT2D eigenvalue weighted by Crippen LogP contribution is -2.58. The lowest BCUT2D eigenvalue weighted by Gasteiger charge is -2.31. The van der Waals surface area contributed by atoms with Gasteiger partial charge in [0.25, 0.3) is 5.69 Å². The molecule has 0 aliphatic carbocycles. The van der Waals surface area contributed by atoms with Crippen molar-refractivity contribution in [2.75, 3.05) is 6.54 Å². The normalized spacial score (nSPS) is 17.2. The second kappa shape index (κ2) is 11.0. The molecule has 0 radical (unpaired) electrons. The Morgan fingerprint density at radius 2 is 1.78 bits per heavy atom. The molecule has 0 saturated heterocycles. The number of ether oxygens (including phenoxy) is 1. The van der Waals surface area contributed by atoms with Crippen LogP contribution in [-0.2, 0) is 16.1 Å². The molecule has 0 saturated carbocycles. The first-order valence-electron chi connectivity index (χ1n) is 11.2. The molecule has 13 nitrogen and oxygen atoms in total. The van der Waals surface area contributed by atoms with E-state index < -0.39 is 49.3 Å². The average Bonchev–Trinajstić information content (AvgIpc) is 3.30. The molecule has 1 unspecified atom stereocenters. The number of nitrogens with zero attached hydrogens (tertiary/aromatic N) is 4. The summed E-state index contributed by atoms with van der Waals surface area (Å²) in [6.07, 6.45) is 3.37. The fourth-order valence-electron chi connectivity index (χ4n) is 3.68. The Morgan fingerprint density at radius 3 is 2.35 bits per heavy atom. The van der Waals surface area contributed by atoms with Crippen LogP contribution in [0.3, 0.4) is 0 Å². The summed E-state index contributed by atoms with van der Waals surface area (Å²) in [7, 11) is 0. The van der Waals surface area contributed by atoms with Gasteiger partial charge < -0.3 is 15.4 Å². The first-order chi connectivity index (χ1) is 17.4. The molecule has 37 heavy (non-hydrogen) atoms. The Hall–Kier alpha value is -4.65. The van der Waals surface area contributed by atoms with Gasteiger partial charge in [-0.05, 0) is 26.3 Å². The average molecular weight is 512 g/mol. The summed E-state index contributed by atoms with van der Waals surface area (Å²) in [5, 5.41) is 28.4. The quantitative estimate of drug-likeness (QED) is 0.295. The number of amides is 2. The minimum Gasteiger partial charge on any atom is -0.444 e. The fourth-order valence-corrected chi connectivity index (χ4v) is 3.68. The molecule has 0 spiro atoms. The van der Waals surface area contributed by atoms with Crippen LogP contribution in [0.4, 0.5) is 21.9 Å². The zero-order valence-electron chi connectivity index (χ0n) is 20.5. The van der Waals surface area contributed by atoms with E-state index >= 15 is 0 Å². The summed E-state index contributed by atoms with van der Waals surface area (Å²) in [6.45, 7) is 4.95. The number of hydrogen-bond donors (Lipinski definition) is 2. The maximum Gasteiger partial charge on any atom is 0.408 e. The van der Waals surface area contributed by atoms with Crippen LogP contribution in [0.2, 0.25) is 0 Å². The Morgan fingerprint density at radius 1 is 1.08 bits per heavy atom. The zero-order valence-corrected chi connectivity index (χ0v) is 20.5. The van der Waals surface area contributed by atoms with Crippen LogP contribution in [0, 0.1) is 20.2 Å². The summed E-state index contributed by atoms with van der Waals surface area (Å²) in [4.78, 5) is 51.5. The Kier molecular flexibility index (Phi) is 7.98. The number of alkyl carbamates (subject to hydrolysis) is 1. The van der Waals surface area contributed by atoms with Crippen molar-refractivity contribution in [1.82, 2.24) is 15.1 Å². The van der Waals surface area contributed by atoms with E-state index in [1.807, 2.05) is 30.3 Å². The van der Waals surface area contributed by atoms with Crippen LogP contribution >= 0.6 is 0 Å². The Balaban J connectivity index is 1.97. The Bertz CT molecular complexity index is 1240. The number of nitro groups is 2. The standard InChI is InChI=1S/C24H26N6O7/c1-24(2,3)37-23(32)27-19(22(31)26-14-17-7-5-4-6-8-17)15-30(12-11-25-16-30)21-10-9-18(28(33)34)13-20(21)29(35)36/h4-13,16,19H,14-15H2,1-3H3,(H-,26,27,31,32)/p+1/t19?,30-/m0/s1. The highest BCUT2D eigenvalue weighted by molar-refractivity contribution is 5.89. The van der Waals surface area contributed by atoms with Gasteiger partial charge in [-0.25, -0.2) is 14.3 Å². The largest absolute Gasteiger partial charge is 0.444 e. The van der Waals surface area contributed by atoms with Crippen molar-refractivity contribution < 1.29 is 24.2 Å². The molecular formula is C24H27N6O7+. The maximum atomic E-state index is 13.3. The molecule has 0 bridgehead atoms. The molecule has 194 valence electrons. The van der Waals surface area contributed by atoms with Gasteiger partial charge in [0.15, 0.2) is 12.4 Å². The summed E-state index contributed by atoms with van der Waals surface area (Å²) in [5.74, 6) is -0.564. The smallest absolute Gasteiger partial charge is 0.408 e. The van der Waals surface area contributed by atoms with Crippen molar-refractivity contribution >= 4 is 35.4 Å². The van der Waals surface area contributed by atoms with Crippen LogP contribution in [0.1, 0.15) is 26.3 Å². The molecular weight excluding hydrogens is 484 g/mol. The van der Waals surface area contributed by atoms with Crippen molar-refractivity contribution in [1.29, 1.82) is 0 Å². The molecule has 2 atom stereocenters. The number of non-ortho nitro benzene ring substituents is 1. The highest BCUT2D eigenvalue weighted by Gasteiger charge is 2.42. The predicted octanol–water partition coefficient (Wildman–Crippen LogP) is 3.53. The van der Waals surface area contributed by atoms with E-state index in [0.29, 0.717) is 0 Å². The van der Waals surface area contributed by atoms with Crippen LogP contribution in [0.25, 0.3) is 0 Å². The van der Waals surface area contributed by atoms with Gasteiger partial charge in [0.05, 0.1) is 16.0 Å². The summed E-state index contributed by atoms with van der Waals surface area (Å²) >= 11 is 0. The van der Waals surface area contributed by atoms with Crippen molar-refractivity contribution in [3.05, 3.63) is 86.7 Å². The third kappa shape index (κ3) is 6.95. The van der Waals surface area contributed by atoms with E-state index in [0.717, 1.165) is 17.7 Å². The van der Waals surface area contributed by atoms with Gasteiger partial charge in [-0.1, -0.05) is 30.3 Å². The second-order valence-corrected chi connectivity index (χ2v) is 9.27. The van der Waals surface area contributed by atoms with Gasteiger partial charge in [-0.3, -0.25) is 25.0 Å². The molecule has 3 rings (SSSR count). The number of carbonyl (C=O) groups excluding carboxylic acids is 2. The van der Waals surface area contributed by atoms with Crippen LogP contribution in [0.15, 0.2) is 65.9 Å². The highest BCUT2D eigenvalue weighted by Crippen LogP contribution is 2.37. The molecule has 13 heteroatoms. The number of carbonyl (C=O) groups is 2. The number of hydrogen-bond acceptors (Lipinski definition) is 8. The van der Waals surface area contributed by atoms with Gasteiger partial charge in [-0.15, -0.1) is 0 Å². The SMILES string of the molecule is CC(C)(C)OC(=O)NC(C[N@@+]1(c2ccc([N+](=O)[O-])cc2[N+](=O)[O-])C=CN=C1)C(=O)NCc1ccccc1. The topological polar surface area (TPSA) is 166 Å². The van der Waals surface area contributed by atoms with Gasteiger partial charge in [0, 0.05) is 18.7 Å². The molecule has 1 heterocycles. The van der Waals surface area contributed by atoms with E-state index in [2.05, 4.69) is 15.6 Å². The first-order valence-corrected chi connectivity index (χ1v) is 11.2. The molecule has 2 aromatic carbocycles. The molecule has 0 aromatic heterocycles. The number of rotatable bonds is 9. The van der Waals surface area contributed by atoms with Crippen molar-refractivity contribution in [3.63, 3.8) is 0 Å². The maximum absolute atomic E-state index is 13.3. The predicted molar refractivity (Wildman–Crippen MR) is 135 cm³/mol. The van der Waals surface area contributed by atoms with E-state index in [-0.39, 0.29) is 18.8 Å². The zero-order chi connectivity index (χ0) is 27.2. The minimum atomic E-state index is -1.22. The van der Waals surface area contributed by atoms with Crippen molar-refractivity contribution in [3.8, 4) is 0 Å². The second-order valence-electron chi connectivity index (χ2n) is 9.27. The first kappa shape index (κ1) is 26.9. The number of nitrogens with one attached hydrogen (secondary N) is 2. The summed E-state index contributed by atoms with van der Waals surface area (Å²) in [5.41, 5.74) is -0.983. The number of aliphatic imine (C=N–C) groups is 1. The van der Waals surface area contributed by atoms with Gasteiger partial charge in [0.1, 0.15) is 24.4 Å².